The molecular weight excluding hydrogens is 518 g/mol. The minimum Gasteiger partial charge on any atom is -0.473 e. The summed E-state index contributed by atoms with van der Waals surface area (Å²) in [5, 5.41) is 37.8. The van der Waals surface area contributed by atoms with Gasteiger partial charge >= 0.3 is 11.9 Å². The van der Waals surface area contributed by atoms with E-state index >= 15 is 0 Å². The molecule has 38 heavy (non-hydrogen) atoms. The van der Waals surface area contributed by atoms with Crippen molar-refractivity contribution < 1.29 is 29.5 Å². The van der Waals surface area contributed by atoms with Crippen LogP contribution in [0.3, 0.4) is 0 Å². The number of rotatable bonds is 10. The largest absolute Gasteiger partial charge is 0.473 e. The van der Waals surface area contributed by atoms with E-state index in [1.54, 1.807) is 25.4 Å². The number of nitro benzene ring substituents is 1. The summed E-state index contributed by atoms with van der Waals surface area (Å²) in [6.45, 7) is 3.40. The lowest BCUT2D eigenvalue weighted by atomic mass is 10.2. The maximum Gasteiger partial charge on any atom is 0.414 e. The van der Waals surface area contributed by atoms with Crippen LogP contribution in [0.4, 0.5) is 11.4 Å². The Morgan fingerprint density at radius 2 is 1.76 bits per heavy atom. The van der Waals surface area contributed by atoms with Crippen molar-refractivity contribution in [1.29, 1.82) is 0 Å². The zero-order valence-electron chi connectivity index (χ0n) is 20.9. The van der Waals surface area contributed by atoms with E-state index in [1.165, 1.54) is 23.9 Å². The van der Waals surface area contributed by atoms with Crippen LogP contribution in [-0.2, 0) is 20.9 Å². The van der Waals surface area contributed by atoms with E-state index in [2.05, 4.69) is 25.4 Å². The van der Waals surface area contributed by atoms with Gasteiger partial charge in [0.15, 0.2) is 11.0 Å². The van der Waals surface area contributed by atoms with E-state index in [0.29, 0.717) is 17.4 Å². The van der Waals surface area contributed by atoms with Gasteiger partial charge in [0.2, 0.25) is 5.91 Å². The normalized spacial score (nSPS) is 10.4. The van der Waals surface area contributed by atoms with Crippen LogP contribution >= 0.6 is 11.8 Å². The van der Waals surface area contributed by atoms with E-state index in [9.17, 15) is 14.9 Å². The number of thioether (sulfide) groups is 1. The van der Waals surface area contributed by atoms with Crippen LogP contribution in [0.25, 0.3) is 11.4 Å². The van der Waals surface area contributed by atoms with Crippen LogP contribution in [0.15, 0.2) is 47.9 Å². The Labute approximate surface area is 221 Å². The molecule has 0 aliphatic heterocycles. The molecule has 3 rings (SSSR count). The molecule has 1 amide bonds. The number of aromatic nitrogens is 4. The molecule has 0 saturated carbocycles. The number of nitrogens with one attached hydrogen (secondary N) is 1. The van der Waals surface area contributed by atoms with E-state index in [1.807, 2.05) is 30.8 Å². The molecule has 0 aliphatic rings. The number of carbonyl (C=O) groups is 3. The average Bonchev–Trinajstić information content (AvgIpc) is 3.27. The summed E-state index contributed by atoms with van der Waals surface area (Å²) in [5.41, 5.74) is 2.01. The zero-order valence-corrected chi connectivity index (χ0v) is 21.7. The molecule has 3 N–H and O–H groups in total. The standard InChI is InChI=1S/C21H25N7O3S.C2H2O4/c1-15-5-6-17(28(30)31)13-18(15)23-19(29)14-32-21-25-24-20(16-7-9-22-10-8-16)27(21)12-4-11-26(2)3;3-1(4)2(5)6/h5-10,13H,4,11-12,14H2,1-3H3,(H,23,29);(H,3,4)(H,5,6). The van der Waals surface area contributed by atoms with Crippen molar-refractivity contribution in [2.75, 3.05) is 31.7 Å². The number of aryl methyl sites for hydroxylation is 1. The minimum atomic E-state index is -1.82. The van der Waals surface area contributed by atoms with E-state index in [4.69, 9.17) is 19.8 Å². The quantitative estimate of drug-likeness (QED) is 0.146. The van der Waals surface area contributed by atoms with Crippen molar-refractivity contribution in [3.63, 3.8) is 0 Å². The molecule has 0 radical (unpaired) electrons. The molecule has 0 atom stereocenters. The first-order chi connectivity index (χ1) is 18.0. The Bertz CT molecular complexity index is 1270. The second-order valence-electron chi connectivity index (χ2n) is 8.05. The third-order valence-corrected chi connectivity index (χ3v) is 5.83. The number of pyridine rings is 1. The molecule has 14 nitrogen and oxygen atoms in total. The number of hydrogen-bond acceptors (Lipinski definition) is 10. The SMILES string of the molecule is Cc1ccc([N+](=O)[O-])cc1NC(=O)CSc1nnc(-c2ccncc2)n1CCCN(C)C.O=C(O)C(=O)O. The second kappa shape index (κ2) is 14.4. The number of carboxylic acid groups (broad SMARTS) is 2. The first kappa shape index (κ1) is 29.9. The van der Waals surface area contributed by atoms with Crippen molar-refractivity contribution in [3.8, 4) is 11.4 Å². The number of benzene rings is 1. The van der Waals surface area contributed by atoms with Crippen LogP contribution in [0.1, 0.15) is 12.0 Å². The van der Waals surface area contributed by atoms with Crippen LogP contribution in [0.2, 0.25) is 0 Å². The number of carbonyl (C=O) groups excluding carboxylic acids is 1. The Balaban J connectivity index is 0.000000757. The zero-order chi connectivity index (χ0) is 28.2. The number of hydrogen-bond donors (Lipinski definition) is 3. The van der Waals surface area contributed by atoms with Gasteiger partial charge in [-0.25, -0.2) is 9.59 Å². The molecule has 202 valence electrons. The summed E-state index contributed by atoms with van der Waals surface area (Å²) in [6, 6.07) is 8.14. The number of amides is 1. The molecule has 15 heteroatoms. The summed E-state index contributed by atoms with van der Waals surface area (Å²) >= 11 is 1.28. The third kappa shape index (κ3) is 9.25. The molecule has 2 heterocycles. The predicted octanol–water partition coefficient (Wildman–Crippen LogP) is 2.39. The summed E-state index contributed by atoms with van der Waals surface area (Å²) in [4.78, 5) is 47.4. The van der Waals surface area contributed by atoms with Gasteiger partial charge in [0, 0.05) is 36.6 Å². The van der Waals surface area contributed by atoms with E-state index in [-0.39, 0.29) is 17.3 Å². The summed E-state index contributed by atoms with van der Waals surface area (Å²) in [6.07, 6.45) is 4.31. The molecule has 0 saturated heterocycles. The van der Waals surface area contributed by atoms with Crippen molar-refractivity contribution in [2.24, 2.45) is 0 Å². The van der Waals surface area contributed by atoms with Gasteiger partial charge in [-0.3, -0.25) is 19.9 Å². The molecule has 0 unspecified atom stereocenters. The van der Waals surface area contributed by atoms with Crippen LogP contribution < -0.4 is 5.32 Å². The molecule has 0 bridgehead atoms. The lowest BCUT2D eigenvalue weighted by molar-refractivity contribution is -0.384. The predicted molar refractivity (Wildman–Crippen MR) is 139 cm³/mol. The van der Waals surface area contributed by atoms with E-state index < -0.39 is 16.9 Å². The molecule has 0 aliphatic carbocycles. The first-order valence-electron chi connectivity index (χ1n) is 11.1. The maximum absolute atomic E-state index is 12.5. The van der Waals surface area contributed by atoms with Crippen molar-refractivity contribution in [1.82, 2.24) is 24.6 Å². The van der Waals surface area contributed by atoms with Gasteiger partial charge in [-0.1, -0.05) is 17.8 Å². The maximum atomic E-state index is 12.5. The second-order valence-corrected chi connectivity index (χ2v) is 9.00. The number of non-ortho nitro benzene ring substituents is 1. The highest BCUT2D eigenvalue weighted by atomic mass is 32.2. The Kier molecular flexibility index (Phi) is 11.3. The summed E-state index contributed by atoms with van der Waals surface area (Å²) in [7, 11) is 4.04. The van der Waals surface area contributed by atoms with Gasteiger partial charge in [0.05, 0.1) is 16.4 Å². The Morgan fingerprint density at radius 1 is 1.11 bits per heavy atom. The number of nitrogens with zero attached hydrogens (tertiary/aromatic N) is 6. The summed E-state index contributed by atoms with van der Waals surface area (Å²) < 4.78 is 2.01. The van der Waals surface area contributed by atoms with Gasteiger partial charge in [-0.2, -0.15) is 0 Å². The van der Waals surface area contributed by atoms with Gasteiger partial charge in [-0.05, 0) is 51.7 Å². The lowest BCUT2D eigenvalue weighted by Crippen LogP contribution is -2.17. The molecular formula is C23H27N7O7S. The molecule has 1 aromatic carbocycles. The fourth-order valence-electron chi connectivity index (χ4n) is 3.03. The molecule has 3 aromatic rings. The Morgan fingerprint density at radius 3 is 2.34 bits per heavy atom. The molecule has 0 fully saturated rings. The van der Waals surface area contributed by atoms with Gasteiger partial charge in [0.1, 0.15) is 0 Å². The number of anilines is 1. The van der Waals surface area contributed by atoms with Crippen LogP contribution in [0.5, 0.6) is 0 Å². The highest BCUT2D eigenvalue weighted by Gasteiger charge is 2.17. The van der Waals surface area contributed by atoms with Gasteiger partial charge in [-0.15, -0.1) is 10.2 Å². The monoisotopic (exact) mass is 545 g/mol. The van der Waals surface area contributed by atoms with Crippen molar-refractivity contribution in [2.45, 2.75) is 25.0 Å². The van der Waals surface area contributed by atoms with Crippen molar-refractivity contribution >= 4 is 41.0 Å². The highest BCUT2D eigenvalue weighted by molar-refractivity contribution is 7.99. The lowest BCUT2D eigenvalue weighted by Gasteiger charge is -2.13. The van der Waals surface area contributed by atoms with Gasteiger partial charge < -0.3 is 25.0 Å². The van der Waals surface area contributed by atoms with E-state index in [0.717, 1.165) is 29.9 Å². The topological polar surface area (TPSA) is 194 Å². The van der Waals surface area contributed by atoms with Crippen LogP contribution in [0, 0.1) is 17.0 Å². The molecule has 0 spiro atoms. The first-order valence-corrected chi connectivity index (χ1v) is 12.1. The number of aliphatic carboxylic acids is 2. The number of carboxylic acids is 2. The van der Waals surface area contributed by atoms with Gasteiger partial charge in [0.25, 0.3) is 5.69 Å². The minimum absolute atomic E-state index is 0.0684. The molecule has 2 aromatic heterocycles. The number of nitro groups is 1. The third-order valence-electron chi connectivity index (χ3n) is 4.86. The average molecular weight is 546 g/mol. The van der Waals surface area contributed by atoms with Crippen LogP contribution in [-0.4, -0.2) is 84.0 Å². The highest BCUT2D eigenvalue weighted by Crippen LogP contribution is 2.25. The summed E-state index contributed by atoms with van der Waals surface area (Å²) in [5.74, 6) is -3.09. The smallest absolute Gasteiger partial charge is 0.414 e. The van der Waals surface area contributed by atoms with Crippen molar-refractivity contribution in [3.05, 3.63) is 58.4 Å². The fourth-order valence-corrected chi connectivity index (χ4v) is 3.80. The Hall–Kier alpha value is -4.37. The fraction of sp³-hybridized carbons (Fsp3) is 0.304.